The molecular weight excluding hydrogens is 312 g/mol. The lowest BCUT2D eigenvalue weighted by molar-refractivity contribution is -0.138. The van der Waals surface area contributed by atoms with Crippen molar-refractivity contribution in [2.45, 2.75) is 17.9 Å². The summed E-state index contributed by atoms with van der Waals surface area (Å²) in [5.74, 6) is -1.78. The predicted molar refractivity (Wildman–Crippen MR) is 78.4 cm³/mol. The second kappa shape index (κ2) is 6.75. The molecule has 0 heterocycles. The second-order valence-corrected chi connectivity index (χ2v) is 6.81. The third kappa shape index (κ3) is 3.74. The summed E-state index contributed by atoms with van der Waals surface area (Å²) in [6.07, 6.45) is 0. The molecule has 0 spiro atoms. The van der Waals surface area contributed by atoms with Crippen molar-refractivity contribution in [1.29, 1.82) is 0 Å². The lowest BCUT2D eigenvalue weighted by Crippen LogP contribution is -2.38. The van der Waals surface area contributed by atoms with Crippen LogP contribution in [-0.2, 0) is 14.8 Å². The molecule has 0 radical (unpaired) electrons. The van der Waals surface area contributed by atoms with Crippen molar-refractivity contribution in [3.05, 3.63) is 23.8 Å². The van der Waals surface area contributed by atoms with E-state index in [2.05, 4.69) is 5.32 Å². The van der Waals surface area contributed by atoms with E-state index in [4.69, 9.17) is 9.84 Å². The van der Waals surface area contributed by atoms with Crippen LogP contribution in [0.25, 0.3) is 0 Å². The Hall–Kier alpha value is -2.13. The van der Waals surface area contributed by atoms with Gasteiger partial charge in [-0.1, -0.05) is 0 Å². The Kier molecular flexibility index (Phi) is 5.50. The van der Waals surface area contributed by atoms with Crippen LogP contribution in [0.2, 0.25) is 0 Å². The first-order valence-corrected chi connectivity index (χ1v) is 7.69. The molecule has 22 heavy (non-hydrogen) atoms. The standard InChI is InChI=1S/C13H18N2O6S/c1-8(13(17)18)14-12(16)9-5-6-10(21-4)11(7-9)22(19,20)15(2)3/h5-8H,1-4H3,(H,14,16)(H,17,18). The molecule has 0 aliphatic heterocycles. The molecular formula is C13H18N2O6S. The molecule has 1 aromatic rings. The van der Waals surface area contributed by atoms with Crippen LogP contribution in [0.5, 0.6) is 5.75 Å². The lowest BCUT2D eigenvalue weighted by Gasteiger charge is -2.16. The highest BCUT2D eigenvalue weighted by Gasteiger charge is 2.24. The van der Waals surface area contributed by atoms with Crippen LogP contribution >= 0.6 is 0 Å². The van der Waals surface area contributed by atoms with E-state index in [1.165, 1.54) is 40.3 Å². The third-order valence-corrected chi connectivity index (χ3v) is 4.74. The van der Waals surface area contributed by atoms with E-state index in [0.717, 1.165) is 10.4 Å². The normalized spacial score (nSPS) is 12.8. The van der Waals surface area contributed by atoms with Crippen molar-refractivity contribution < 1.29 is 27.9 Å². The Bertz CT molecular complexity index is 684. The number of nitrogens with one attached hydrogen (secondary N) is 1. The number of carbonyl (C=O) groups is 2. The summed E-state index contributed by atoms with van der Waals surface area (Å²) in [6, 6.07) is 2.76. The fourth-order valence-corrected chi connectivity index (χ4v) is 2.63. The third-order valence-electron chi connectivity index (χ3n) is 2.90. The van der Waals surface area contributed by atoms with Crippen LogP contribution in [-0.4, -0.2) is 57.0 Å². The maximum atomic E-state index is 12.2. The molecule has 0 aliphatic carbocycles. The van der Waals surface area contributed by atoms with E-state index in [-0.39, 0.29) is 16.2 Å². The van der Waals surface area contributed by atoms with E-state index in [0.29, 0.717) is 0 Å². The van der Waals surface area contributed by atoms with Gasteiger partial charge < -0.3 is 15.2 Å². The second-order valence-electron chi connectivity index (χ2n) is 4.69. The molecule has 122 valence electrons. The molecule has 1 rings (SSSR count). The molecule has 1 unspecified atom stereocenters. The number of benzene rings is 1. The van der Waals surface area contributed by atoms with Crippen LogP contribution in [0.1, 0.15) is 17.3 Å². The molecule has 0 saturated carbocycles. The van der Waals surface area contributed by atoms with E-state index in [9.17, 15) is 18.0 Å². The minimum absolute atomic E-state index is 0.0225. The van der Waals surface area contributed by atoms with Gasteiger partial charge in [-0.3, -0.25) is 9.59 Å². The van der Waals surface area contributed by atoms with Gasteiger partial charge in [-0.2, -0.15) is 0 Å². The number of carboxylic acids is 1. The SMILES string of the molecule is COc1ccc(C(=O)NC(C)C(=O)O)cc1S(=O)(=O)N(C)C. The van der Waals surface area contributed by atoms with Gasteiger partial charge in [0.05, 0.1) is 7.11 Å². The summed E-state index contributed by atoms with van der Waals surface area (Å²) >= 11 is 0. The van der Waals surface area contributed by atoms with Gasteiger partial charge in [0.15, 0.2) is 0 Å². The Labute approximate surface area is 128 Å². The fraction of sp³-hybridized carbons (Fsp3) is 0.385. The molecule has 0 bridgehead atoms. The van der Waals surface area contributed by atoms with Gasteiger partial charge in [0.1, 0.15) is 16.7 Å². The molecule has 1 aromatic carbocycles. The number of methoxy groups -OCH3 is 1. The Morgan fingerprint density at radius 3 is 2.36 bits per heavy atom. The predicted octanol–water partition coefficient (Wildman–Crippen LogP) is 0.148. The largest absolute Gasteiger partial charge is 0.495 e. The molecule has 0 fully saturated rings. The van der Waals surface area contributed by atoms with E-state index in [1.54, 1.807) is 0 Å². The minimum atomic E-state index is -3.81. The molecule has 1 atom stereocenters. The summed E-state index contributed by atoms with van der Waals surface area (Å²) in [6.45, 7) is 1.31. The Morgan fingerprint density at radius 1 is 1.32 bits per heavy atom. The number of aliphatic carboxylic acids is 1. The van der Waals surface area contributed by atoms with Gasteiger partial charge in [-0.15, -0.1) is 0 Å². The van der Waals surface area contributed by atoms with Crippen LogP contribution < -0.4 is 10.1 Å². The molecule has 0 aromatic heterocycles. The summed E-state index contributed by atoms with van der Waals surface area (Å²) in [4.78, 5) is 22.6. The quantitative estimate of drug-likeness (QED) is 0.767. The van der Waals surface area contributed by atoms with Gasteiger partial charge in [-0.25, -0.2) is 12.7 Å². The number of carboxylic acid groups (broad SMARTS) is 1. The zero-order valence-corrected chi connectivity index (χ0v) is 13.5. The number of ether oxygens (including phenoxy) is 1. The zero-order chi connectivity index (χ0) is 17.1. The van der Waals surface area contributed by atoms with Crippen molar-refractivity contribution in [2.75, 3.05) is 21.2 Å². The fourth-order valence-electron chi connectivity index (χ4n) is 1.56. The zero-order valence-electron chi connectivity index (χ0n) is 12.7. The number of hydrogen-bond donors (Lipinski definition) is 2. The average molecular weight is 330 g/mol. The van der Waals surface area contributed by atoms with Crippen molar-refractivity contribution in [2.24, 2.45) is 0 Å². The summed E-state index contributed by atoms with van der Waals surface area (Å²) < 4.78 is 30.5. The number of rotatable bonds is 6. The monoisotopic (exact) mass is 330 g/mol. The molecule has 0 aliphatic rings. The van der Waals surface area contributed by atoms with Crippen LogP contribution in [0.15, 0.2) is 23.1 Å². The summed E-state index contributed by atoms with van der Waals surface area (Å²) in [5.41, 5.74) is 0.0225. The average Bonchev–Trinajstić information content (AvgIpc) is 2.45. The lowest BCUT2D eigenvalue weighted by atomic mass is 10.2. The van der Waals surface area contributed by atoms with Gasteiger partial charge in [0.2, 0.25) is 10.0 Å². The smallest absolute Gasteiger partial charge is 0.325 e. The highest BCUT2D eigenvalue weighted by atomic mass is 32.2. The number of sulfonamides is 1. The molecule has 2 N–H and O–H groups in total. The van der Waals surface area contributed by atoms with Gasteiger partial charge >= 0.3 is 5.97 Å². The number of carbonyl (C=O) groups excluding carboxylic acids is 1. The topological polar surface area (TPSA) is 113 Å². The van der Waals surface area contributed by atoms with Crippen molar-refractivity contribution in [3.63, 3.8) is 0 Å². The van der Waals surface area contributed by atoms with Crippen molar-refractivity contribution >= 4 is 21.9 Å². The van der Waals surface area contributed by atoms with Gasteiger partial charge in [0, 0.05) is 19.7 Å². The highest BCUT2D eigenvalue weighted by Crippen LogP contribution is 2.26. The molecule has 1 amide bonds. The number of hydrogen-bond acceptors (Lipinski definition) is 5. The van der Waals surface area contributed by atoms with Crippen LogP contribution in [0.4, 0.5) is 0 Å². The Morgan fingerprint density at radius 2 is 1.91 bits per heavy atom. The molecule has 8 nitrogen and oxygen atoms in total. The van der Waals surface area contributed by atoms with Gasteiger partial charge in [0.25, 0.3) is 5.91 Å². The van der Waals surface area contributed by atoms with Crippen LogP contribution in [0.3, 0.4) is 0 Å². The number of amides is 1. The van der Waals surface area contributed by atoms with Crippen LogP contribution in [0, 0.1) is 0 Å². The maximum Gasteiger partial charge on any atom is 0.325 e. The Balaban J connectivity index is 3.26. The van der Waals surface area contributed by atoms with E-state index < -0.39 is 27.9 Å². The van der Waals surface area contributed by atoms with Crippen molar-refractivity contribution in [3.8, 4) is 5.75 Å². The summed E-state index contributed by atoms with van der Waals surface area (Å²) in [7, 11) is 0.218. The first-order chi connectivity index (χ1) is 10.1. The maximum absolute atomic E-state index is 12.2. The van der Waals surface area contributed by atoms with Gasteiger partial charge in [-0.05, 0) is 25.1 Å². The minimum Gasteiger partial charge on any atom is -0.495 e. The van der Waals surface area contributed by atoms with E-state index in [1.807, 2.05) is 0 Å². The number of nitrogens with zero attached hydrogens (tertiary/aromatic N) is 1. The first kappa shape index (κ1) is 17.9. The van der Waals surface area contributed by atoms with Crippen molar-refractivity contribution in [1.82, 2.24) is 9.62 Å². The molecule has 0 saturated heterocycles. The van der Waals surface area contributed by atoms with E-state index >= 15 is 0 Å². The highest BCUT2D eigenvalue weighted by molar-refractivity contribution is 7.89. The summed E-state index contributed by atoms with van der Waals surface area (Å²) in [5, 5.41) is 11.0. The molecule has 9 heteroatoms. The first-order valence-electron chi connectivity index (χ1n) is 6.25.